The lowest BCUT2D eigenvalue weighted by Crippen LogP contribution is -2.18. The van der Waals surface area contributed by atoms with Gasteiger partial charge in [-0.3, -0.25) is 0 Å². The van der Waals surface area contributed by atoms with E-state index in [1.54, 1.807) is 21.1 Å². The van der Waals surface area contributed by atoms with E-state index >= 15 is 0 Å². The van der Waals surface area contributed by atoms with E-state index in [9.17, 15) is 0 Å². The second-order valence-electron chi connectivity index (χ2n) is 3.66. The number of hydrogen-bond donors (Lipinski definition) is 1. The maximum atomic E-state index is 7.70. The molecule has 0 saturated heterocycles. The monoisotopic (exact) mass is 210 g/mol. The number of hydrogen-bond acceptors (Lipinski definition) is 3. The van der Waals surface area contributed by atoms with Gasteiger partial charge in [0.05, 0.1) is 14.2 Å². The third-order valence-corrected chi connectivity index (χ3v) is 2.27. The normalized spacial score (nSPS) is 15.4. The van der Waals surface area contributed by atoms with Gasteiger partial charge in [0.25, 0.3) is 0 Å². The van der Waals surface area contributed by atoms with Crippen molar-refractivity contribution < 1.29 is 10.8 Å². The summed E-state index contributed by atoms with van der Waals surface area (Å²) in [5, 5.41) is 0. The number of nitrogens with two attached hydrogens (primary N) is 1. The van der Waals surface area contributed by atoms with Crippen LogP contribution in [0.1, 0.15) is 19.4 Å². The van der Waals surface area contributed by atoms with Crippen molar-refractivity contribution in [3.8, 4) is 11.5 Å². The van der Waals surface area contributed by atoms with Crippen LogP contribution in [0.3, 0.4) is 0 Å². The van der Waals surface area contributed by atoms with Gasteiger partial charge in [0.15, 0.2) is 0 Å². The summed E-state index contributed by atoms with van der Waals surface area (Å²) in [5.41, 5.74) is 7.59. The molecule has 1 rings (SSSR count). The molecule has 0 heterocycles. The van der Waals surface area contributed by atoms with E-state index < -0.39 is 6.02 Å². The van der Waals surface area contributed by atoms with Crippen LogP contribution in [0.25, 0.3) is 0 Å². The fraction of sp³-hybridized carbons (Fsp3) is 0.500. The molecule has 0 amide bonds. The smallest absolute Gasteiger partial charge is 0.122 e. The van der Waals surface area contributed by atoms with Crippen molar-refractivity contribution in [1.82, 2.24) is 0 Å². The fourth-order valence-corrected chi connectivity index (χ4v) is 1.55. The van der Waals surface area contributed by atoms with E-state index in [0.717, 1.165) is 22.6 Å². The minimum absolute atomic E-state index is 0.423. The number of aryl methyl sites for hydroxylation is 1. The van der Waals surface area contributed by atoms with Crippen molar-refractivity contribution in [3.63, 3.8) is 0 Å². The molecule has 0 spiro atoms. The van der Waals surface area contributed by atoms with E-state index in [2.05, 4.69) is 0 Å². The van der Waals surface area contributed by atoms with Crippen molar-refractivity contribution in [2.75, 3.05) is 14.2 Å². The number of ether oxygens (including phenoxy) is 2. The fourth-order valence-electron chi connectivity index (χ4n) is 1.55. The summed E-state index contributed by atoms with van der Waals surface area (Å²) >= 11 is 0. The lowest BCUT2D eigenvalue weighted by molar-refractivity contribution is 0.395. The van der Waals surface area contributed by atoms with Crippen molar-refractivity contribution >= 4 is 0 Å². The summed E-state index contributed by atoms with van der Waals surface area (Å²) in [7, 11) is 3.24. The SMILES string of the molecule is [2H]C(C)(N)Cc1cc(OC)c(C)cc1OC. The minimum Gasteiger partial charge on any atom is -0.496 e. The van der Waals surface area contributed by atoms with Crippen molar-refractivity contribution in [2.24, 2.45) is 5.73 Å². The van der Waals surface area contributed by atoms with Gasteiger partial charge in [-0.1, -0.05) is 0 Å². The van der Waals surface area contributed by atoms with E-state index in [1.165, 1.54) is 0 Å². The van der Waals surface area contributed by atoms with Crippen LogP contribution in [0, 0.1) is 6.92 Å². The minimum atomic E-state index is -1.01. The summed E-state index contributed by atoms with van der Waals surface area (Å²) in [4.78, 5) is 0. The molecule has 1 aromatic carbocycles. The first-order valence-corrected chi connectivity index (χ1v) is 4.88. The second kappa shape index (κ2) is 5.03. The van der Waals surface area contributed by atoms with Crippen LogP contribution in [0.5, 0.6) is 11.5 Å². The highest BCUT2D eigenvalue weighted by Gasteiger charge is 2.09. The highest BCUT2D eigenvalue weighted by atomic mass is 16.5. The van der Waals surface area contributed by atoms with E-state index in [4.69, 9.17) is 16.6 Å². The third-order valence-electron chi connectivity index (χ3n) is 2.27. The Bertz CT molecular complexity index is 372. The molecule has 0 radical (unpaired) electrons. The molecule has 0 aliphatic rings. The molecule has 0 aromatic heterocycles. The Balaban J connectivity index is 3.15. The number of methoxy groups -OCH3 is 2. The highest BCUT2D eigenvalue weighted by Crippen LogP contribution is 2.28. The molecule has 0 fully saturated rings. The molecular formula is C12H19NO2. The first-order valence-electron chi connectivity index (χ1n) is 5.38. The molecule has 0 aliphatic carbocycles. The molecule has 3 heteroatoms. The second-order valence-corrected chi connectivity index (χ2v) is 3.66. The van der Waals surface area contributed by atoms with Crippen molar-refractivity contribution in [1.29, 1.82) is 0 Å². The van der Waals surface area contributed by atoms with Gasteiger partial charge in [-0.05, 0) is 43.5 Å². The van der Waals surface area contributed by atoms with Gasteiger partial charge in [0, 0.05) is 7.39 Å². The van der Waals surface area contributed by atoms with E-state index in [1.807, 2.05) is 19.1 Å². The van der Waals surface area contributed by atoms with E-state index in [-0.39, 0.29) is 0 Å². The van der Waals surface area contributed by atoms with Crippen LogP contribution in [-0.4, -0.2) is 20.2 Å². The molecule has 84 valence electrons. The Hall–Kier alpha value is -1.22. The Kier molecular flexibility index (Phi) is 3.45. The molecular weight excluding hydrogens is 190 g/mol. The molecule has 1 unspecified atom stereocenters. The van der Waals surface area contributed by atoms with E-state index in [0.29, 0.717) is 6.42 Å². The Morgan fingerprint density at radius 2 is 1.93 bits per heavy atom. The maximum Gasteiger partial charge on any atom is 0.122 e. The van der Waals surface area contributed by atoms with Gasteiger partial charge >= 0.3 is 0 Å². The Morgan fingerprint density at radius 3 is 2.40 bits per heavy atom. The zero-order valence-electron chi connectivity index (χ0n) is 10.8. The van der Waals surface area contributed by atoms with Gasteiger partial charge in [0.2, 0.25) is 0 Å². The quantitative estimate of drug-likeness (QED) is 0.825. The zero-order chi connectivity index (χ0) is 12.3. The first-order chi connectivity index (χ1) is 7.37. The van der Waals surface area contributed by atoms with Crippen molar-refractivity contribution in [3.05, 3.63) is 23.3 Å². The predicted molar refractivity (Wildman–Crippen MR) is 61.6 cm³/mol. The summed E-state index contributed by atoms with van der Waals surface area (Å²) < 4.78 is 18.2. The van der Waals surface area contributed by atoms with Crippen LogP contribution in [-0.2, 0) is 6.42 Å². The standard InChI is InChI=1S/C12H19NO2/c1-8-5-12(15-4)10(6-9(2)13)7-11(8)14-3/h5,7,9H,6,13H2,1-4H3/i9D. The topological polar surface area (TPSA) is 44.5 Å². The molecule has 2 N–H and O–H groups in total. The Labute approximate surface area is 92.6 Å². The lowest BCUT2D eigenvalue weighted by Gasteiger charge is -2.14. The van der Waals surface area contributed by atoms with Gasteiger partial charge < -0.3 is 15.2 Å². The van der Waals surface area contributed by atoms with Crippen LogP contribution >= 0.6 is 0 Å². The number of rotatable bonds is 4. The van der Waals surface area contributed by atoms with Crippen molar-refractivity contribution in [2.45, 2.75) is 26.3 Å². The zero-order valence-corrected chi connectivity index (χ0v) is 9.76. The summed E-state index contributed by atoms with van der Waals surface area (Å²) in [6, 6.07) is 2.78. The summed E-state index contributed by atoms with van der Waals surface area (Å²) in [6.07, 6.45) is 0.423. The van der Waals surface area contributed by atoms with Gasteiger partial charge in [-0.2, -0.15) is 0 Å². The Morgan fingerprint density at radius 1 is 1.33 bits per heavy atom. The molecule has 3 nitrogen and oxygen atoms in total. The maximum absolute atomic E-state index is 7.70. The molecule has 0 bridgehead atoms. The largest absolute Gasteiger partial charge is 0.496 e. The van der Waals surface area contributed by atoms with Crippen LogP contribution < -0.4 is 15.2 Å². The highest BCUT2D eigenvalue weighted by molar-refractivity contribution is 5.46. The van der Waals surface area contributed by atoms with Gasteiger partial charge in [-0.25, -0.2) is 0 Å². The summed E-state index contributed by atoms with van der Waals surface area (Å²) in [5.74, 6) is 1.54. The van der Waals surface area contributed by atoms with Gasteiger partial charge in [0.1, 0.15) is 11.5 Å². The average Bonchev–Trinajstić information content (AvgIpc) is 2.18. The average molecular weight is 210 g/mol. The first kappa shape index (κ1) is 10.3. The molecule has 0 aliphatic heterocycles. The third kappa shape index (κ3) is 2.86. The summed E-state index contributed by atoms with van der Waals surface area (Å²) in [6.45, 7) is 3.62. The van der Waals surface area contributed by atoms with Crippen LogP contribution in [0.15, 0.2) is 12.1 Å². The lowest BCUT2D eigenvalue weighted by atomic mass is 10.0. The molecule has 1 atom stereocenters. The molecule has 0 saturated carbocycles. The van der Waals surface area contributed by atoms with Crippen LogP contribution in [0.2, 0.25) is 0 Å². The molecule has 1 aromatic rings. The predicted octanol–water partition coefficient (Wildman–Crippen LogP) is 1.90. The van der Waals surface area contributed by atoms with Gasteiger partial charge in [-0.15, -0.1) is 0 Å². The number of benzene rings is 1. The van der Waals surface area contributed by atoms with Crippen LogP contribution in [0.4, 0.5) is 0 Å². The molecule has 15 heavy (non-hydrogen) atoms.